The summed E-state index contributed by atoms with van der Waals surface area (Å²) in [6.07, 6.45) is 0.102. The van der Waals surface area contributed by atoms with Crippen LogP contribution in [0.4, 0.5) is 16.4 Å². The van der Waals surface area contributed by atoms with Crippen LogP contribution in [0.3, 0.4) is 0 Å². The molecule has 5 rings (SSSR count). The Hall–Kier alpha value is -3.49. The SMILES string of the molecule is CC(C)(C)c1ccc(NC(=O)OC2COC3C(Nc4nccc(-c5ccccc5)n4)COC23)cc1. The molecule has 1 amide bonds. The summed E-state index contributed by atoms with van der Waals surface area (Å²) >= 11 is 0. The highest BCUT2D eigenvalue weighted by molar-refractivity contribution is 5.84. The number of benzene rings is 2. The summed E-state index contributed by atoms with van der Waals surface area (Å²) in [5, 5.41) is 6.12. The van der Waals surface area contributed by atoms with Gasteiger partial charge in [0.05, 0.1) is 24.9 Å². The standard InChI is InChI=1S/C27H30N4O4/c1-27(2,3)18-9-11-19(12-10-18)29-26(32)35-22-16-34-23-21(15-33-24(22)23)31-25-28-14-13-20(30-25)17-7-5-4-6-8-17/h4-14,21-24H,15-16H2,1-3H3,(H,29,32)(H,28,30,31). The highest BCUT2D eigenvalue weighted by atomic mass is 16.6. The number of nitrogens with zero attached hydrogens (tertiary/aromatic N) is 2. The first-order chi connectivity index (χ1) is 16.9. The van der Waals surface area contributed by atoms with Crippen LogP contribution >= 0.6 is 0 Å². The molecule has 8 heteroatoms. The van der Waals surface area contributed by atoms with Gasteiger partial charge in [0.25, 0.3) is 0 Å². The van der Waals surface area contributed by atoms with E-state index in [1.54, 1.807) is 6.20 Å². The molecule has 182 valence electrons. The lowest BCUT2D eigenvalue weighted by Crippen LogP contribution is -2.38. The van der Waals surface area contributed by atoms with Gasteiger partial charge < -0.3 is 19.5 Å². The van der Waals surface area contributed by atoms with Gasteiger partial charge >= 0.3 is 6.09 Å². The van der Waals surface area contributed by atoms with Crippen molar-refractivity contribution < 1.29 is 19.0 Å². The Balaban J connectivity index is 1.17. The van der Waals surface area contributed by atoms with Gasteiger partial charge in [-0.1, -0.05) is 63.2 Å². The molecule has 0 saturated carbocycles. The second-order valence-corrected chi connectivity index (χ2v) is 9.87. The fourth-order valence-electron chi connectivity index (χ4n) is 4.39. The molecule has 2 aliphatic heterocycles. The van der Waals surface area contributed by atoms with Crippen molar-refractivity contribution in [2.75, 3.05) is 23.8 Å². The molecule has 35 heavy (non-hydrogen) atoms. The molecule has 2 saturated heterocycles. The largest absolute Gasteiger partial charge is 0.441 e. The molecular weight excluding hydrogens is 444 g/mol. The number of ether oxygens (including phenoxy) is 3. The smallest absolute Gasteiger partial charge is 0.412 e. The van der Waals surface area contributed by atoms with Gasteiger partial charge in [-0.2, -0.15) is 0 Å². The Morgan fingerprint density at radius 2 is 1.71 bits per heavy atom. The minimum atomic E-state index is -0.526. The van der Waals surface area contributed by atoms with Gasteiger partial charge in [-0.3, -0.25) is 5.32 Å². The number of amides is 1. The first-order valence-electron chi connectivity index (χ1n) is 11.8. The van der Waals surface area contributed by atoms with Crippen molar-refractivity contribution in [3.8, 4) is 11.3 Å². The van der Waals surface area contributed by atoms with Crippen molar-refractivity contribution in [3.63, 3.8) is 0 Å². The zero-order valence-corrected chi connectivity index (χ0v) is 20.1. The average Bonchev–Trinajstić information content (AvgIpc) is 3.43. The zero-order valence-electron chi connectivity index (χ0n) is 20.1. The first-order valence-corrected chi connectivity index (χ1v) is 11.8. The summed E-state index contributed by atoms with van der Waals surface area (Å²) in [7, 11) is 0. The Bertz CT molecular complexity index is 1160. The quantitative estimate of drug-likeness (QED) is 0.556. The lowest BCUT2D eigenvalue weighted by molar-refractivity contribution is 0.00917. The number of anilines is 2. The number of fused-ring (bicyclic) bond motifs is 1. The van der Waals surface area contributed by atoms with Gasteiger partial charge in [0.2, 0.25) is 5.95 Å². The molecule has 0 aliphatic carbocycles. The van der Waals surface area contributed by atoms with Crippen LogP contribution in [0.25, 0.3) is 11.3 Å². The Morgan fingerprint density at radius 3 is 2.46 bits per heavy atom. The average molecular weight is 475 g/mol. The molecular formula is C27H30N4O4. The van der Waals surface area contributed by atoms with E-state index in [1.165, 1.54) is 5.56 Å². The maximum atomic E-state index is 12.5. The number of hydrogen-bond donors (Lipinski definition) is 2. The van der Waals surface area contributed by atoms with E-state index in [9.17, 15) is 4.79 Å². The van der Waals surface area contributed by atoms with Crippen LogP contribution in [-0.2, 0) is 19.6 Å². The summed E-state index contributed by atoms with van der Waals surface area (Å²) in [5.74, 6) is 0.505. The predicted octanol–water partition coefficient (Wildman–Crippen LogP) is 4.64. The van der Waals surface area contributed by atoms with E-state index in [4.69, 9.17) is 14.2 Å². The molecule has 4 unspecified atom stereocenters. The second kappa shape index (κ2) is 9.64. The summed E-state index contributed by atoms with van der Waals surface area (Å²) in [5.41, 5.74) is 3.77. The van der Waals surface area contributed by atoms with Gasteiger partial charge in [0, 0.05) is 17.4 Å². The van der Waals surface area contributed by atoms with Crippen LogP contribution in [0.15, 0.2) is 66.9 Å². The van der Waals surface area contributed by atoms with Gasteiger partial charge in [-0.25, -0.2) is 14.8 Å². The second-order valence-electron chi connectivity index (χ2n) is 9.87. The Labute approximate surface area is 205 Å². The molecule has 8 nitrogen and oxygen atoms in total. The topological polar surface area (TPSA) is 94.6 Å². The maximum absolute atomic E-state index is 12.5. The molecule has 2 N–H and O–H groups in total. The molecule has 0 spiro atoms. The van der Waals surface area contributed by atoms with Crippen molar-refractivity contribution in [1.82, 2.24) is 9.97 Å². The number of aromatic nitrogens is 2. The van der Waals surface area contributed by atoms with E-state index in [1.807, 2.05) is 60.7 Å². The minimum absolute atomic E-state index is 0.0491. The van der Waals surface area contributed by atoms with E-state index in [2.05, 4.69) is 41.4 Å². The van der Waals surface area contributed by atoms with Crippen molar-refractivity contribution in [3.05, 3.63) is 72.4 Å². The highest BCUT2D eigenvalue weighted by Gasteiger charge is 2.49. The minimum Gasteiger partial charge on any atom is -0.441 e. The predicted molar refractivity (Wildman–Crippen MR) is 133 cm³/mol. The summed E-state index contributed by atoms with van der Waals surface area (Å²) < 4.78 is 17.5. The van der Waals surface area contributed by atoms with E-state index in [-0.39, 0.29) is 30.3 Å². The van der Waals surface area contributed by atoms with Crippen molar-refractivity contribution in [2.24, 2.45) is 0 Å². The third kappa shape index (κ3) is 5.28. The molecule has 0 bridgehead atoms. The van der Waals surface area contributed by atoms with Crippen LogP contribution in [0.5, 0.6) is 0 Å². The molecule has 2 aliphatic rings. The fraction of sp³-hybridized carbons (Fsp3) is 0.370. The third-order valence-corrected chi connectivity index (χ3v) is 6.30. The van der Waals surface area contributed by atoms with E-state index in [0.29, 0.717) is 18.2 Å². The van der Waals surface area contributed by atoms with E-state index < -0.39 is 12.2 Å². The van der Waals surface area contributed by atoms with Crippen molar-refractivity contribution >= 4 is 17.7 Å². The molecule has 2 aromatic carbocycles. The Kier molecular flexibility index (Phi) is 6.40. The summed E-state index contributed by atoms with van der Waals surface area (Å²) in [4.78, 5) is 21.5. The Morgan fingerprint density at radius 1 is 0.971 bits per heavy atom. The summed E-state index contributed by atoms with van der Waals surface area (Å²) in [6, 6.07) is 19.4. The van der Waals surface area contributed by atoms with E-state index in [0.717, 1.165) is 11.3 Å². The summed E-state index contributed by atoms with van der Waals surface area (Å²) in [6.45, 7) is 7.13. The van der Waals surface area contributed by atoms with Crippen molar-refractivity contribution in [2.45, 2.75) is 50.5 Å². The fourth-order valence-corrected chi connectivity index (χ4v) is 4.39. The number of rotatable bonds is 5. The van der Waals surface area contributed by atoms with Crippen LogP contribution in [-0.4, -0.2) is 53.6 Å². The normalized spacial score (nSPS) is 23.5. The third-order valence-electron chi connectivity index (χ3n) is 6.30. The van der Waals surface area contributed by atoms with Crippen LogP contribution in [0.2, 0.25) is 0 Å². The van der Waals surface area contributed by atoms with Gasteiger partial charge in [0.15, 0.2) is 6.10 Å². The van der Waals surface area contributed by atoms with Gasteiger partial charge in [0.1, 0.15) is 12.2 Å². The number of hydrogen-bond acceptors (Lipinski definition) is 7. The molecule has 3 heterocycles. The van der Waals surface area contributed by atoms with Crippen LogP contribution in [0, 0.1) is 0 Å². The highest BCUT2D eigenvalue weighted by Crippen LogP contribution is 2.31. The lowest BCUT2D eigenvalue weighted by Gasteiger charge is -2.20. The van der Waals surface area contributed by atoms with E-state index >= 15 is 0 Å². The lowest BCUT2D eigenvalue weighted by atomic mass is 9.87. The molecule has 2 fully saturated rings. The monoisotopic (exact) mass is 474 g/mol. The van der Waals surface area contributed by atoms with Crippen LogP contribution in [0.1, 0.15) is 26.3 Å². The molecule has 3 aromatic rings. The number of carbonyl (C=O) groups excluding carboxylic acids is 1. The first kappa shape index (κ1) is 23.3. The molecule has 1 aromatic heterocycles. The van der Waals surface area contributed by atoms with Gasteiger partial charge in [-0.15, -0.1) is 0 Å². The maximum Gasteiger partial charge on any atom is 0.412 e. The van der Waals surface area contributed by atoms with Crippen molar-refractivity contribution in [1.29, 1.82) is 0 Å². The number of nitrogens with one attached hydrogen (secondary N) is 2. The van der Waals surface area contributed by atoms with Crippen LogP contribution < -0.4 is 10.6 Å². The molecule has 0 radical (unpaired) electrons. The van der Waals surface area contributed by atoms with Gasteiger partial charge in [-0.05, 0) is 29.2 Å². The number of carbonyl (C=O) groups is 1. The molecule has 4 atom stereocenters. The zero-order chi connectivity index (χ0) is 24.4.